The Labute approximate surface area is 71.6 Å². The van der Waals surface area contributed by atoms with Crippen LogP contribution in [0.2, 0.25) is 0 Å². The smallest absolute Gasteiger partial charge is 0.174 e. The molecule has 0 saturated carbocycles. The molecule has 0 amide bonds. The summed E-state index contributed by atoms with van der Waals surface area (Å²) < 4.78 is 9.77. The predicted octanol–water partition coefficient (Wildman–Crippen LogP) is 2.00. The third-order valence-corrected chi connectivity index (χ3v) is 1.38. The van der Waals surface area contributed by atoms with E-state index < -0.39 is 0 Å². The van der Waals surface area contributed by atoms with Crippen molar-refractivity contribution in [3.8, 4) is 5.75 Å². The second-order valence-corrected chi connectivity index (χ2v) is 2.14. The third-order valence-electron chi connectivity index (χ3n) is 1.38. The van der Waals surface area contributed by atoms with Crippen molar-refractivity contribution >= 4 is 12.1 Å². The van der Waals surface area contributed by atoms with Gasteiger partial charge in [-0.25, -0.2) is 4.99 Å². The van der Waals surface area contributed by atoms with Crippen LogP contribution in [0.4, 0.5) is 5.69 Å². The van der Waals surface area contributed by atoms with Crippen molar-refractivity contribution < 1.29 is 9.47 Å². The number of ether oxygens (including phenoxy) is 2. The van der Waals surface area contributed by atoms with E-state index in [4.69, 9.17) is 9.47 Å². The summed E-state index contributed by atoms with van der Waals surface area (Å²) in [7, 11) is 3.17. The number of methoxy groups -OCH3 is 2. The fraction of sp³-hybridized carbons (Fsp3) is 0.222. The van der Waals surface area contributed by atoms with Crippen LogP contribution in [0.15, 0.2) is 29.3 Å². The quantitative estimate of drug-likeness (QED) is 0.506. The molecule has 0 aliphatic heterocycles. The van der Waals surface area contributed by atoms with Gasteiger partial charge in [0, 0.05) is 0 Å². The van der Waals surface area contributed by atoms with Crippen molar-refractivity contribution in [2.45, 2.75) is 0 Å². The van der Waals surface area contributed by atoms with Crippen LogP contribution in [0.3, 0.4) is 0 Å². The minimum atomic E-state index is 0.741. The van der Waals surface area contributed by atoms with Gasteiger partial charge in [0.05, 0.1) is 14.2 Å². The Morgan fingerprint density at radius 3 is 2.67 bits per heavy atom. The SMILES string of the molecule is CO/C=N\c1ccccc1OC. The lowest BCUT2D eigenvalue weighted by Gasteiger charge is -2.01. The highest BCUT2D eigenvalue weighted by atomic mass is 16.5. The van der Waals surface area contributed by atoms with Crippen molar-refractivity contribution in [1.82, 2.24) is 0 Å². The number of aliphatic imine (C=N–C) groups is 1. The Bertz CT molecular complexity index is 271. The molecule has 64 valence electrons. The topological polar surface area (TPSA) is 30.8 Å². The Morgan fingerprint density at radius 2 is 2.00 bits per heavy atom. The minimum absolute atomic E-state index is 0.741. The molecule has 0 spiro atoms. The highest BCUT2D eigenvalue weighted by Crippen LogP contribution is 2.25. The van der Waals surface area contributed by atoms with Gasteiger partial charge in [-0.05, 0) is 12.1 Å². The summed E-state index contributed by atoms with van der Waals surface area (Å²) in [6, 6.07) is 7.49. The van der Waals surface area contributed by atoms with E-state index in [0.29, 0.717) is 0 Å². The van der Waals surface area contributed by atoms with Gasteiger partial charge in [-0.1, -0.05) is 12.1 Å². The average Bonchev–Trinajstić information content (AvgIpc) is 2.15. The highest BCUT2D eigenvalue weighted by Gasteiger charge is 1.96. The van der Waals surface area contributed by atoms with Gasteiger partial charge in [-0.3, -0.25) is 0 Å². The van der Waals surface area contributed by atoms with Crippen LogP contribution >= 0.6 is 0 Å². The summed E-state index contributed by atoms with van der Waals surface area (Å²) >= 11 is 0. The van der Waals surface area contributed by atoms with Gasteiger partial charge < -0.3 is 9.47 Å². The Balaban J connectivity index is 2.89. The molecular weight excluding hydrogens is 154 g/mol. The predicted molar refractivity (Wildman–Crippen MR) is 48.2 cm³/mol. The summed E-state index contributed by atoms with van der Waals surface area (Å²) in [5.41, 5.74) is 0.766. The standard InChI is InChI=1S/C9H11NO2/c1-11-7-10-8-5-3-4-6-9(8)12-2/h3-7H,1-2H3/b10-7-. The summed E-state index contributed by atoms with van der Waals surface area (Å²) in [6.07, 6.45) is 1.37. The fourth-order valence-corrected chi connectivity index (χ4v) is 0.846. The first kappa shape index (κ1) is 8.59. The second kappa shape index (κ2) is 4.38. The van der Waals surface area contributed by atoms with E-state index in [9.17, 15) is 0 Å². The molecule has 0 saturated heterocycles. The van der Waals surface area contributed by atoms with Crippen LogP contribution in [-0.2, 0) is 4.74 Å². The zero-order valence-corrected chi connectivity index (χ0v) is 7.15. The molecule has 0 atom stereocenters. The first-order valence-corrected chi connectivity index (χ1v) is 3.57. The molecule has 3 nitrogen and oxygen atoms in total. The molecule has 1 aromatic carbocycles. The van der Waals surface area contributed by atoms with Crippen molar-refractivity contribution in [2.24, 2.45) is 4.99 Å². The van der Waals surface area contributed by atoms with Crippen molar-refractivity contribution in [1.29, 1.82) is 0 Å². The maximum absolute atomic E-state index is 5.07. The van der Waals surface area contributed by atoms with Gasteiger partial charge in [0.15, 0.2) is 6.40 Å². The van der Waals surface area contributed by atoms with E-state index in [-0.39, 0.29) is 0 Å². The maximum Gasteiger partial charge on any atom is 0.174 e. The van der Waals surface area contributed by atoms with Crippen LogP contribution in [0.25, 0.3) is 0 Å². The van der Waals surface area contributed by atoms with Crippen LogP contribution in [-0.4, -0.2) is 20.6 Å². The van der Waals surface area contributed by atoms with Crippen LogP contribution in [0, 0.1) is 0 Å². The van der Waals surface area contributed by atoms with E-state index in [1.807, 2.05) is 24.3 Å². The van der Waals surface area contributed by atoms with Gasteiger partial charge in [-0.15, -0.1) is 0 Å². The molecule has 0 radical (unpaired) electrons. The molecule has 0 unspecified atom stereocenters. The molecule has 0 aliphatic carbocycles. The van der Waals surface area contributed by atoms with E-state index >= 15 is 0 Å². The number of hydrogen-bond acceptors (Lipinski definition) is 3. The average molecular weight is 165 g/mol. The number of rotatable bonds is 3. The van der Waals surface area contributed by atoms with Gasteiger partial charge in [-0.2, -0.15) is 0 Å². The zero-order valence-electron chi connectivity index (χ0n) is 7.15. The van der Waals surface area contributed by atoms with E-state index in [1.165, 1.54) is 6.40 Å². The zero-order chi connectivity index (χ0) is 8.81. The van der Waals surface area contributed by atoms with E-state index in [1.54, 1.807) is 14.2 Å². The summed E-state index contributed by atoms with van der Waals surface area (Å²) in [5, 5.41) is 0. The largest absolute Gasteiger partial charge is 0.494 e. The highest BCUT2D eigenvalue weighted by molar-refractivity contribution is 5.60. The van der Waals surface area contributed by atoms with Gasteiger partial charge >= 0.3 is 0 Å². The molecule has 0 aliphatic rings. The lowest BCUT2D eigenvalue weighted by Crippen LogP contribution is -1.83. The van der Waals surface area contributed by atoms with Crippen molar-refractivity contribution in [2.75, 3.05) is 14.2 Å². The van der Waals surface area contributed by atoms with Gasteiger partial charge in [0.2, 0.25) is 0 Å². The number of benzene rings is 1. The number of nitrogens with zero attached hydrogens (tertiary/aromatic N) is 1. The maximum atomic E-state index is 5.07. The first-order chi connectivity index (χ1) is 5.88. The summed E-state index contributed by atoms with van der Waals surface area (Å²) in [4.78, 5) is 4.02. The van der Waals surface area contributed by atoms with E-state index in [2.05, 4.69) is 4.99 Å². The Hall–Kier alpha value is -1.51. The Kier molecular flexibility index (Phi) is 3.14. The Morgan fingerprint density at radius 1 is 1.25 bits per heavy atom. The molecule has 3 heteroatoms. The van der Waals surface area contributed by atoms with Crippen LogP contribution in [0.1, 0.15) is 0 Å². The molecule has 1 aromatic rings. The monoisotopic (exact) mass is 165 g/mol. The van der Waals surface area contributed by atoms with E-state index in [0.717, 1.165) is 11.4 Å². The van der Waals surface area contributed by atoms with Crippen LogP contribution < -0.4 is 4.74 Å². The number of para-hydroxylation sites is 2. The molecule has 12 heavy (non-hydrogen) atoms. The molecule has 1 rings (SSSR count). The lowest BCUT2D eigenvalue weighted by molar-refractivity contribution is 0.412. The minimum Gasteiger partial charge on any atom is -0.494 e. The molecule has 0 aromatic heterocycles. The second-order valence-electron chi connectivity index (χ2n) is 2.14. The lowest BCUT2D eigenvalue weighted by atomic mass is 10.3. The van der Waals surface area contributed by atoms with Gasteiger partial charge in [0.1, 0.15) is 11.4 Å². The molecule has 0 bridgehead atoms. The van der Waals surface area contributed by atoms with Gasteiger partial charge in [0.25, 0.3) is 0 Å². The van der Waals surface area contributed by atoms with Crippen molar-refractivity contribution in [3.63, 3.8) is 0 Å². The summed E-state index contributed by atoms with van der Waals surface area (Å²) in [5.74, 6) is 0.741. The third kappa shape index (κ3) is 1.99. The summed E-state index contributed by atoms with van der Waals surface area (Å²) in [6.45, 7) is 0. The first-order valence-electron chi connectivity index (χ1n) is 3.57. The normalized spacial score (nSPS) is 10.2. The molecule has 0 heterocycles. The van der Waals surface area contributed by atoms with Crippen LogP contribution in [0.5, 0.6) is 5.75 Å². The molecule has 0 N–H and O–H groups in total. The fourth-order valence-electron chi connectivity index (χ4n) is 0.846. The molecular formula is C9H11NO2. The number of hydrogen-bond donors (Lipinski definition) is 0. The van der Waals surface area contributed by atoms with Crippen molar-refractivity contribution in [3.05, 3.63) is 24.3 Å². The molecule has 0 fully saturated rings.